The summed E-state index contributed by atoms with van der Waals surface area (Å²) in [6.07, 6.45) is 3.56. The van der Waals surface area contributed by atoms with E-state index in [9.17, 15) is 4.79 Å². The molecule has 13 heavy (non-hydrogen) atoms. The molecule has 0 aliphatic carbocycles. The molecule has 2 heteroatoms. The fraction of sp³-hybridized carbons (Fsp3) is 0.909. The van der Waals surface area contributed by atoms with Crippen LogP contribution in [0.5, 0.6) is 0 Å². The van der Waals surface area contributed by atoms with E-state index in [1.54, 1.807) is 0 Å². The molecule has 1 atom stereocenters. The van der Waals surface area contributed by atoms with Crippen molar-refractivity contribution >= 4 is 6.47 Å². The van der Waals surface area contributed by atoms with E-state index in [0.29, 0.717) is 19.0 Å². The summed E-state index contributed by atoms with van der Waals surface area (Å²) in [6, 6.07) is 0. The molecule has 0 rings (SSSR count). The summed E-state index contributed by atoms with van der Waals surface area (Å²) >= 11 is 0. The monoisotopic (exact) mass is 186 g/mol. The molecule has 0 bridgehead atoms. The highest BCUT2D eigenvalue weighted by Crippen LogP contribution is 2.30. The van der Waals surface area contributed by atoms with Crippen molar-refractivity contribution in [1.82, 2.24) is 0 Å². The van der Waals surface area contributed by atoms with Gasteiger partial charge in [0.2, 0.25) is 0 Å². The lowest BCUT2D eigenvalue weighted by molar-refractivity contribution is -0.131. The molecule has 0 saturated carbocycles. The Morgan fingerprint density at radius 3 is 2.38 bits per heavy atom. The van der Waals surface area contributed by atoms with Crippen LogP contribution in [-0.2, 0) is 9.53 Å². The minimum atomic E-state index is 0.234. The lowest BCUT2D eigenvalue weighted by atomic mass is 9.78. The molecular formula is C11H22O2. The Labute approximate surface area is 81.7 Å². The van der Waals surface area contributed by atoms with Gasteiger partial charge in [0.1, 0.15) is 0 Å². The number of ether oxygens (including phenoxy) is 1. The van der Waals surface area contributed by atoms with Crippen molar-refractivity contribution in [2.75, 3.05) is 6.61 Å². The molecule has 0 amide bonds. The van der Waals surface area contributed by atoms with E-state index in [4.69, 9.17) is 4.74 Å². The standard InChI is InChI=1S/C11H22O2/c1-5-6-7-10(8-13-9-12)11(2,3)4/h9-10H,5-8H2,1-4H3. The quantitative estimate of drug-likeness (QED) is 0.596. The normalized spacial score (nSPS) is 13.8. The van der Waals surface area contributed by atoms with Crippen LogP contribution in [0.25, 0.3) is 0 Å². The van der Waals surface area contributed by atoms with E-state index >= 15 is 0 Å². The molecule has 1 unspecified atom stereocenters. The van der Waals surface area contributed by atoms with Gasteiger partial charge in [-0.25, -0.2) is 0 Å². The molecule has 0 heterocycles. The molecule has 0 aliphatic heterocycles. The highest BCUT2D eigenvalue weighted by atomic mass is 16.5. The van der Waals surface area contributed by atoms with Crippen molar-refractivity contribution in [1.29, 1.82) is 0 Å². The minimum absolute atomic E-state index is 0.234. The third-order valence-electron chi connectivity index (χ3n) is 2.50. The number of rotatable bonds is 6. The highest BCUT2D eigenvalue weighted by molar-refractivity contribution is 5.36. The van der Waals surface area contributed by atoms with Gasteiger partial charge in [-0.2, -0.15) is 0 Å². The largest absolute Gasteiger partial charge is 0.468 e. The van der Waals surface area contributed by atoms with Gasteiger partial charge in [0.15, 0.2) is 0 Å². The Bertz CT molecular complexity index is 136. The van der Waals surface area contributed by atoms with Gasteiger partial charge >= 0.3 is 0 Å². The maximum Gasteiger partial charge on any atom is 0.293 e. The molecule has 0 fully saturated rings. The van der Waals surface area contributed by atoms with Crippen LogP contribution in [0.3, 0.4) is 0 Å². The predicted octanol–water partition coefficient (Wildman–Crippen LogP) is 3.01. The van der Waals surface area contributed by atoms with Crippen molar-refractivity contribution in [2.45, 2.75) is 47.0 Å². The first kappa shape index (κ1) is 12.5. The van der Waals surface area contributed by atoms with E-state index < -0.39 is 0 Å². The summed E-state index contributed by atoms with van der Waals surface area (Å²) in [6.45, 7) is 9.88. The highest BCUT2D eigenvalue weighted by Gasteiger charge is 2.24. The van der Waals surface area contributed by atoms with Crippen LogP contribution in [0.4, 0.5) is 0 Å². The Hall–Kier alpha value is -0.530. The van der Waals surface area contributed by atoms with Crippen molar-refractivity contribution in [2.24, 2.45) is 11.3 Å². The molecule has 0 N–H and O–H groups in total. The number of carbonyl (C=O) groups excluding carboxylic acids is 1. The Morgan fingerprint density at radius 2 is 2.00 bits per heavy atom. The lowest BCUT2D eigenvalue weighted by Crippen LogP contribution is -2.25. The fourth-order valence-corrected chi connectivity index (χ4v) is 1.37. The molecule has 0 aromatic rings. The average molecular weight is 186 g/mol. The van der Waals surface area contributed by atoms with Gasteiger partial charge in [-0.3, -0.25) is 4.79 Å². The van der Waals surface area contributed by atoms with Crippen LogP contribution in [0.1, 0.15) is 47.0 Å². The van der Waals surface area contributed by atoms with E-state index in [2.05, 4.69) is 27.7 Å². The average Bonchev–Trinajstić information content (AvgIpc) is 2.02. The summed E-state index contributed by atoms with van der Waals surface area (Å²) in [5.41, 5.74) is 0.234. The summed E-state index contributed by atoms with van der Waals surface area (Å²) in [5.74, 6) is 0.484. The summed E-state index contributed by atoms with van der Waals surface area (Å²) in [7, 11) is 0. The van der Waals surface area contributed by atoms with Gasteiger partial charge in [0.25, 0.3) is 6.47 Å². The van der Waals surface area contributed by atoms with Crippen molar-refractivity contribution in [3.05, 3.63) is 0 Å². The van der Waals surface area contributed by atoms with E-state index in [1.165, 1.54) is 12.8 Å². The molecule has 0 radical (unpaired) electrons. The van der Waals surface area contributed by atoms with E-state index in [-0.39, 0.29) is 5.41 Å². The van der Waals surface area contributed by atoms with Crippen molar-refractivity contribution in [3.63, 3.8) is 0 Å². The predicted molar refractivity (Wildman–Crippen MR) is 54.5 cm³/mol. The van der Waals surface area contributed by atoms with E-state index in [0.717, 1.165) is 6.42 Å². The van der Waals surface area contributed by atoms with Crippen LogP contribution < -0.4 is 0 Å². The molecular weight excluding hydrogens is 164 g/mol. The summed E-state index contributed by atoms with van der Waals surface area (Å²) in [4.78, 5) is 10.1. The van der Waals surface area contributed by atoms with Gasteiger partial charge in [-0.05, 0) is 17.8 Å². The number of hydrogen-bond donors (Lipinski definition) is 0. The molecule has 0 aromatic heterocycles. The molecule has 2 nitrogen and oxygen atoms in total. The maximum atomic E-state index is 10.1. The zero-order chi connectivity index (χ0) is 10.3. The zero-order valence-corrected chi connectivity index (χ0v) is 9.30. The Kier molecular flexibility index (Phi) is 5.76. The first-order chi connectivity index (χ1) is 6.02. The third kappa shape index (κ3) is 5.67. The first-order valence-corrected chi connectivity index (χ1v) is 5.07. The SMILES string of the molecule is CCCCC(COC=O)C(C)(C)C. The summed E-state index contributed by atoms with van der Waals surface area (Å²) in [5, 5.41) is 0. The van der Waals surface area contributed by atoms with Gasteiger partial charge in [-0.1, -0.05) is 40.5 Å². The topological polar surface area (TPSA) is 26.3 Å². The molecule has 0 spiro atoms. The fourth-order valence-electron chi connectivity index (χ4n) is 1.37. The number of hydrogen-bond acceptors (Lipinski definition) is 2. The second-order valence-electron chi connectivity index (χ2n) is 4.63. The van der Waals surface area contributed by atoms with Gasteiger partial charge in [0.05, 0.1) is 6.61 Å². The zero-order valence-electron chi connectivity index (χ0n) is 9.30. The smallest absolute Gasteiger partial charge is 0.293 e. The van der Waals surface area contributed by atoms with Gasteiger partial charge in [0, 0.05) is 0 Å². The van der Waals surface area contributed by atoms with Crippen LogP contribution in [0.15, 0.2) is 0 Å². The maximum absolute atomic E-state index is 10.1. The number of unbranched alkanes of at least 4 members (excludes halogenated alkanes) is 1. The molecule has 0 saturated heterocycles. The van der Waals surface area contributed by atoms with E-state index in [1.807, 2.05) is 0 Å². The lowest BCUT2D eigenvalue weighted by Gasteiger charge is -2.29. The van der Waals surface area contributed by atoms with Crippen LogP contribution in [-0.4, -0.2) is 13.1 Å². The third-order valence-corrected chi connectivity index (χ3v) is 2.50. The van der Waals surface area contributed by atoms with Crippen LogP contribution in [0.2, 0.25) is 0 Å². The van der Waals surface area contributed by atoms with Crippen LogP contribution >= 0.6 is 0 Å². The van der Waals surface area contributed by atoms with Crippen molar-refractivity contribution < 1.29 is 9.53 Å². The second kappa shape index (κ2) is 6.01. The Morgan fingerprint density at radius 1 is 1.38 bits per heavy atom. The minimum Gasteiger partial charge on any atom is -0.468 e. The number of carbonyl (C=O) groups is 1. The molecule has 0 aromatic carbocycles. The second-order valence-corrected chi connectivity index (χ2v) is 4.63. The Balaban J connectivity index is 3.95. The first-order valence-electron chi connectivity index (χ1n) is 5.07. The molecule has 78 valence electrons. The van der Waals surface area contributed by atoms with Gasteiger partial charge < -0.3 is 4.74 Å². The van der Waals surface area contributed by atoms with Crippen LogP contribution in [0, 0.1) is 11.3 Å². The van der Waals surface area contributed by atoms with Gasteiger partial charge in [-0.15, -0.1) is 0 Å². The molecule has 0 aliphatic rings. The summed E-state index contributed by atoms with van der Waals surface area (Å²) < 4.78 is 4.84. The van der Waals surface area contributed by atoms with Crippen molar-refractivity contribution in [3.8, 4) is 0 Å².